The van der Waals surface area contributed by atoms with Gasteiger partial charge in [-0.25, -0.2) is 4.79 Å². The van der Waals surface area contributed by atoms with Gasteiger partial charge in [-0.2, -0.15) is 5.10 Å². The lowest BCUT2D eigenvalue weighted by Gasteiger charge is -2.07. The first-order chi connectivity index (χ1) is 7.52. The fourth-order valence-corrected chi connectivity index (χ4v) is 1.30. The molecule has 0 atom stereocenters. The predicted molar refractivity (Wildman–Crippen MR) is 59.3 cm³/mol. The van der Waals surface area contributed by atoms with Gasteiger partial charge in [-0.3, -0.25) is 4.68 Å². The maximum Gasteiger partial charge on any atom is 0.339 e. The summed E-state index contributed by atoms with van der Waals surface area (Å²) in [5.74, 6) is -0.374. The van der Waals surface area contributed by atoms with Crippen LogP contribution in [0.1, 0.15) is 36.3 Å². The topological polar surface area (TPSA) is 64.3 Å². The molecule has 1 aromatic heterocycles. The molecule has 1 N–H and O–H groups in total. The third kappa shape index (κ3) is 3.34. The number of hydrogen-bond donors (Lipinski definition) is 1. The van der Waals surface area contributed by atoms with Crippen molar-refractivity contribution in [2.45, 2.75) is 26.9 Å². The van der Waals surface area contributed by atoms with E-state index in [1.807, 2.05) is 0 Å². The summed E-state index contributed by atoms with van der Waals surface area (Å²) in [6.45, 7) is 5.18. The molecule has 1 heterocycles. The molecule has 1 rings (SSSR count). The standard InChI is InChI=1S/C11H18N2O3/c1-8(2)4-5-16-7-10-9(11(14)15)6-12-13(10)3/h6,8H,4-5,7H2,1-3H3,(H,14,15). The maximum absolute atomic E-state index is 10.9. The van der Waals surface area contributed by atoms with Crippen molar-refractivity contribution in [1.29, 1.82) is 0 Å². The van der Waals surface area contributed by atoms with E-state index in [0.717, 1.165) is 6.42 Å². The van der Waals surface area contributed by atoms with Gasteiger partial charge in [0.25, 0.3) is 0 Å². The molecule has 0 bridgehead atoms. The Balaban J connectivity index is 2.52. The molecule has 0 aromatic carbocycles. The molecule has 0 fully saturated rings. The Morgan fingerprint density at radius 1 is 1.62 bits per heavy atom. The van der Waals surface area contributed by atoms with Crippen molar-refractivity contribution < 1.29 is 14.6 Å². The maximum atomic E-state index is 10.9. The first-order valence-corrected chi connectivity index (χ1v) is 5.34. The summed E-state index contributed by atoms with van der Waals surface area (Å²) in [5, 5.41) is 12.8. The van der Waals surface area contributed by atoms with E-state index in [1.165, 1.54) is 6.20 Å². The molecule has 90 valence electrons. The third-order valence-electron chi connectivity index (χ3n) is 2.37. The second-order valence-electron chi connectivity index (χ2n) is 4.17. The monoisotopic (exact) mass is 226 g/mol. The molecule has 0 radical (unpaired) electrons. The lowest BCUT2D eigenvalue weighted by molar-refractivity contribution is 0.0683. The number of rotatable bonds is 6. The van der Waals surface area contributed by atoms with E-state index in [-0.39, 0.29) is 5.56 Å². The van der Waals surface area contributed by atoms with Gasteiger partial charge < -0.3 is 9.84 Å². The summed E-state index contributed by atoms with van der Waals surface area (Å²) in [6, 6.07) is 0. The van der Waals surface area contributed by atoms with Gasteiger partial charge in [0.15, 0.2) is 0 Å². The van der Waals surface area contributed by atoms with Crippen molar-refractivity contribution in [2.75, 3.05) is 6.61 Å². The van der Waals surface area contributed by atoms with Crippen LogP contribution in [0.5, 0.6) is 0 Å². The number of carboxylic acids is 1. The van der Waals surface area contributed by atoms with Crippen LogP contribution >= 0.6 is 0 Å². The van der Waals surface area contributed by atoms with Crippen molar-refractivity contribution in [3.8, 4) is 0 Å². The van der Waals surface area contributed by atoms with Gasteiger partial charge in [-0.1, -0.05) is 13.8 Å². The number of aromatic nitrogens is 2. The van der Waals surface area contributed by atoms with Crippen LogP contribution in [0.3, 0.4) is 0 Å². The van der Waals surface area contributed by atoms with Crippen molar-refractivity contribution in [3.05, 3.63) is 17.5 Å². The van der Waals surface area contributed by atoms with E-state index < -0.39 is 5.97 Å². The molecule has 5 heteroatoms. The summed E-state index contributed by atoms with van der Waals surface area (Å²) < 4.78 is 6.98. The molecule has 0 saturated heterocycles. The number of nitrogens with zero attached hydrogens (tertiary/aromatic N) is 2. The SMILES string of the molecule is CC(C)CCOCc1c(C(=O)O)cnn1C. The summed E-state index contributed by atoms with van der Waals surface area (Å²) >= 11 is 0. The van der Waals surface area contributed by atoms with Gasteiger partial charge >= 0.3 is 5.97 Å². The average molecular weight is 226 g/mol. The van der Waals surface area contributed by atoms with Crippen molar-refractivity contribution in [2.24, 2.45) is 13.0 Å². The van der Waals surface area contributed by atoms with E-state index in [1.54, 1.807) is 11.7 Å². The molecular weight excluding hydrogens is 208 g/mol. The molecule has 0 aliphatic rings. The summed E-state index contributed by atoms with van der Waals surface area (Å²) in [5.41, 5.74) is 0.823. The van der Waals surface area contributed by atoms with Crippen LogP contribution in [-0.2, 0) is 18.4 Å². The lowest BCUT2D eigenvalue weighted by Crippen LogP contribution is -2.08. The highest BCUT2D eigenvalue weighted by Crippen LogP contribution is 2.09. The van der Waals surface area contributed by atoms with Crippen LogP contribution in [0.2, 0.25) is 0 Å². The third-order valence-corrected chi connectivity index (χ3v) is 2.37. The first kappa shape index (κ1) is 12.7. The van der Waals surface area contributed by atoms with E-state index in [9.17, 15) is 4.79 Å². The average Bonchev–Trinajstić information content (AvgIpc) is 2.54. The summed E-state index contributed by atoms with van der Waals surface area (Å²) in [7, 11) is 1.72. The van der Waals surface area contributed by atoms with Gasteiger partial charge in [0, 0.05) is 13.7 Å². The minimum absolute atomic E-state index is 0.215. The highest BCUT2D eigenvalue weighted by atomic mass is 16.5. The highest BCUT2D eigenvalue weighted by molar-refractivity contribution is 5.88. The van der Waals surface area contributed by atoms with E-state index in [4.69, 9.17) is 9.84 Å². The van der Waals surface area contributed by atoms with E-state index >= 15 is 0 Å². The van der Waals surface area contributed by atoms with Crippen molar-refractivity contribution in [3.63, 3.8) is 0 Å². The molecule has 0 saturated carbocycles. The van der Waals surface area contributed by atoms with Crippen LogP contribution in [-0.4, -0.2) is 27.5 Å². The number of hydrogen-bond acceptors (Lipinski definition) is 3. The molecular formula is C11H18N2O3. The Kier molecular flexibility index (Phi) is 4.49. The van der Waals surface area contributed by atoms with Gasteiger partial charge in [0.1, 0.15) is 5.56 Å². The van der Waals surface area contributed by atoms with Crippen LogP contribution < -0.4 is 0 Å². The zero-order chi connectivity index (χ0) is 12.1. The van der Waals surface area contributed by atoms with Gasteiger partial charge in [-0.05, 0) is 12.3 Å². The minimum atomic E-state index is -0.962. The Morgan fingerprint density at radius 3 is 2.88 bits per heavy atom. The molecule has 0 amide bonds. The fraction of sp³-hybridized carbons (Fsp3) is 0.636. The lowest BCUT2D eigenvalue weighted by atomic mass is 10.1. The van der Waals surface area contributed by atoms with Gasteiger partial charge in [0.05, 0.1) is 18.5 Å². The Morgan fingerprint density at radius 2 is 2.31 bits per heavy atom. The smallest absolute Gasteiger partial charge is 0.339 e. The van der Waals surface area contributed by atoms with Crippen molar-refractivity contribution >= 4 is 5.97 Å². The van der Waals surface area contributed by atoms with E-state index in [0.29, 0.717) is 24.8 Å². The number of ether oxygens (including phenoxy) is 1. The van der Waals surface area contributed by atoms with Gasteiger partial charge in [0.2, 0.25) is 0 Å². The second kappa shape index (κ2) is 5.65. The highest BCUT2D eigenvalue weighted by Gasteiger charge is 2.14. The fourth-order valence-electron chi connectivity index (χ4n) is 1.30. The van der Waals surface area contributed by atoms with Crippen LogP contribution in [0, 0.1) is 5.92 Å². The van der Waals surface area contributed by atoms with E-state index in [2.05, 4.69) is 18.9 Å². The largest absolute Gasteiger partial charge is 0.478 e. The Hall–Kier alpha value is -1.36. The van der Waals surface area contributed by atoms with Crippen LogP contribution in [0.15, 0.2) is 6.20 Å². The summed E-state index contributed by atoms with van der Waals surface area (Å²) in [6.07, 6.45) is 2.32. The zero-order valence-corrected chi connectivity index (χ0v) is 9.93. The number of aromatic carboxylic acids is 1. The predicted octanol–water partition coefficient (Wildman–Crippen LogP) is 1.68. The molecule has 16 heavy (non-hydrogen) atoms. The Labute approximate surface area is 95.0 Å². The number of carbonyl (C=O) groups is 1. The number of aryl methyl sites for hydroxylation is 1. The zero-order valence-electron chi connectivity index (χ0n) is 9.93. The van der Waals surface area contributed by atoms with Crippen LogP contribution in [0.25, 0.3) is 0 Å². The molecule has 0 unspecified atom stereocenters. The second-order valence-corrected chi connectivity index (χ2v) is 4.17. The molecule has 0 aliphatic heterocycles. The first-order valence-electron chi connectivity index (χ1n) is 5.34. The Bertz CT molecular complexity index is 358. The van der Waals surface area contributed by atoms with Crippen molar-refractivity contribution in [1.82, 2.24) is 9.78 Å². The number of carboxylic acid groups (broad SMARTS) is 1. The molecule has 0 spiro atoms. The molecule has 1 aromatic rings. The quantitative estimate of drug-likeness (QED) is 0.749. The normalized spacial score (nSPS) is 11.0. The minimum Gasteiger partial charge on any atom is -0.478 e. The molecule has 5 nitrogen and oxygen atoms in total. The van der Waals surface area contributed by atoms with Crippen LogP contribution in [0.4, 0.5) is 0 Å². The van der Waals surface area contributed by atoms with Gasteiger partial charge in [-0.15, -0.1) is 0 Å². The summed E-state index contributed by atoms with van der Waals surface area (Å²) in [4.78, 5) is 10.9. The molecule has 0 aliphatic carbocycles.